The van der Waals surface area contributed by atoms with Crippen molar-refractivity contribution in [3.63, 3.8) is 0 Å². The number of allylic oxidation sites excluding steroid dienone is 2. The Bertz CT molecular complexity index is 364. The minimum atomic E-state index is -0.569. The molecule has 0 spiro atoms. The van der Waals surface area contributed by atoms with Gasteiger partial charge in [0, 0.05) is 6.42 Å². The van der Waals surface area contributed by atoms with E-state index in [0.29, 0.717) is 6.42 Å². The molecule has 2 rings (SSSR count). The third kappa shape index (κ3) is 2.39. The maximum Gasteiger partial charge on any atom is 0.343 e. The average Bonchev–Trinajstić information content (AvgIpc) is 2.78. The number of nitrogens with one attached hydrogen (secondary N) is 2. The summed E-state index contributed by atoms with van der Waals surface area (Å²) in [5, 5.41) is 3.09. The van der Waals surface area contributed by atoms with Gasteiger partial charge in [-0.05, 0) is 18.8 Å². The van der Waals surface area contributed by atoms with E-state index in [-0.39, 0.29) is 18.4 Å². The quantitative estimate of drug-likeness (QED) is 0.519. The van der Waals surface area contributed by atoms with Crippen LogP contribution >= 0.6 is 0 Å². The normalized spacial score (nSPS) is 23.8. The first-order valence-corrected chi connectivity index (χ1v) is 5.22. The first kappa shape index (κ1) is 10.7. The maximum atomic E-state index is 11.5. The van der Waals surface area contributed by atoms with Crippen LogP contribution in [0.3, 0.4) is 0 Å². The molecule has 86 valence electrons. The van der Waals surface area contributed by atoms with Crippen LogP contribution in [0.15, 0.2) is 12.2 Å². The van der Waals surface area contributed by atoms with Gasteiger partial charge in [-0.1, -0.05) is 12.2 Å². The van der Waals surface area contributed by atoms with E-state index in [1.807, 2.05) is 12.2 Å². The second kappa shape index (κ2) is 4.34. The molecule has 1 unspecified atom stereocenters. The van der Waals surface area contributed by atoms with Gasteiger partial charge in [-0.3, -0.25) is 20.3 Å². The summed E-state index contributed by atoms with van der Waals surface area (Å²) in [6.45, 7) is -0.106. The summed E-state index contributed by atoms with van der Waals surface area (Å²) in [7, 11) is 0. The van der Waals surface area contributed by atoms with Gasteiger partial charge < -0.3 is 0 Å². The number of hydrogen-bond acceptors (Lipinski definition) is 3. The van der Waals surface area contributed by atoms with Crippen molar-refractivity contribution in [2.24, 2.45) is 5.92 Å². The zero-order valence-electron chi connectivity index (χ0n) is 8.73. The number of imide groups is 1. The summed E-state index contributed by atoms with van der Waals surface area (Å²) in [6, 6.07) is -0.569. The number of rotatable bonds is 3. The molecule has 0 aromatic heterocycles. The molecule has 1 atom stereocenters. The summed E-state index contributed by atoms with van der Waals surface area (Å²) < 4.78 is 0. The summed E-state index contributed by atoms with van der Waals surface area (Å²) in [4.78, 5) is 33.5. The SMILES string of the molecule is O=C1CN(NC(=O)CC2C=CCC2)C(=O)N1. The Morgan fingerprint density at radius 1 is 1.56 bits per heavy atom. The second-order valence-corrected chi connectivity index (χ2v) is 3.94. The maximum absolute atomic E-state index is 11.5. The molecule has 2 N–H and O–H groups in total. The predicted molar refractivity (Wildman–Crippen MR) is 54.9 cm³/mol. The van der Waals surface area contributed by atoms with E-state index >= 15 is 0 Å². The van der Waals surface area contributed by atoms with Gasteiger partial charge in [0.2, 0.25) is 11.8 Å². The number of amides is 4. The zero-order valence-corrected chi connectivity index (χ0v) is 8.73. The Labute approximate surface area is 92.6 Å². The highest BCUT2D eigenvalue weighted by atomic mass is 16.2. The second-order valence-electron chi connectivity index (χ2n) is 3.94. The van der Waals surface area contributed by atoms with Gasteiger partial charge >= 0.3 is 6.03 Å². The zero-order chi connectivity index (χ0) is 11.5. The molecule has 0 radical (unpaired) electrons. The van der Waals surface area contributed by atoms with E-state index in [4.69, 9.17) is 0 Å². The van der Waals surface area contributed by atoms with Gasteiger partial charge in [0.25, 0.3) is 0 Å². The van der Waals surface area contributed by atoms with Crippen LogP contribution in [0.2, 0.25) is 0 Å². The highest BCUT2D eigenvalue weighted by Gasteiger charge is 2.28. The summed E-state index contributed by atoms with van der Waals surface area (Å²) >= 11 is 0. The highest BCUT2D eigenvalue weighted by Crippen LogP contribution is 2.20. The monoisotopic (exact) mass is 223 g/mol. The van der Waals surface area contributed by atoms with E-state index in [1.165, 1.54) is 0 Å². The molecule has 1 heterocycles. The Morgan fingerprint density at radius 2 is 2.38 bits per heavy atom. The van der Waals surface area contributed by atoms with Crippen LogP contribution < -0.4 is 10.7 Å². The number of hydrazine groups is 1. The first-order valence-electron chi connectivity index (χ1n) is 5.22. The van der Waals surface area contributed by atoms with Gasteiger partial charge in [0.15, 0.2) is 0 Å². The van der Waals surface area contributed by atoms with E-state index in [9.17, 15) is 14.4 Å². The fourth-order valence-corrected chi connectivity index (χ4v) is 1.83. The molecular weight excluding hydrogens is 210 g/mol. The highest BCUT2D eigenvalue weighted by molar-refractivity contribution is 6.02. The Balaban J connectivity index is 1.80. The average molecular weight is 223 g/mol. The molecular formula is C10H13N3O3. The van der Waals surface area contributed by atoms with E-state index in [0.717, 1.165) is 17.9 Å². The predicted octanol–water partition coefficient (Wildman–Crippen LogP) is -0.0743. The smallest absolute Gasteiger partial charge is 0.275 e. The lowest BCUT2D eigenvalue weighted by Gasteiger charge is -2.15. The van der Waals surface area contributed by atoms with Crippen molar-refractivity contribution < 1.29 is 14.4 Å². The molecule has 1 aliphatic carbocycles. The van der Waals surface area contributed by atoms with E-state index < -0.39 is 11.9 Å². The van der Waals surface area contributed by atoms with Gasteiger partial charge in [-0.15, -0.1) is 0 Å². The van der Waals surface area contributed by atoms with Crippen molar-refractivity contribution in [2.45, 2.75) is 19.3 Å². The van der Waals surface area contributed by atoms with Crippen molar-refractivity contribution in [3.8, 4) is 0 Å². The van der Waals surface area contributed by atoms with Crippen molar-refractivity contribution in [1.82, 2.24) is 15.8 Å². The lowest BCUT2D eigenvalue weighted by molar-refractivity contribution is -0.125. The molecule has 0 aromatic carbocycles. The Morgan fingerprint density at radius 3 is 2.94 bits per heavy atom. The summed E-state index contributed by atoms with van der Waals surface area (Å²) in [5.41, 5.74) is 2.41. The van der Waals surface area contributed by atoms with Crippen molar-refractivity contribution in [2.75, 3.05) is 6.54 Å². The molecule has 1 fully saturated rings. The fourth-order valence-electron chi connectivity index (χ4n) is 1.83. The largest absolute Gasteiger partial charge is 0.343 e. The molecule has 0 saturated carbocycles. The molecule has 16 heavy (non-hydrogen) atoms. The van der Waals surface area contributed by atoms with Crippen LogP contribution in [0.25, 0.3) is 0 Å². The van der Waals surface area contributed by atoms with Crippen LogP contribution in [-0.4, -0.2) is 29.4 Å². The number of hydrogen-bond donors (Lipinski definition) is 2. The molecule has 4 amide bonds. The van der Waals surface area contributed by atoms with Gasteiger partial charge in [-0.25, -0.2) is 9.80 Å². The molecule has 1 saturated heterocycles. The van der Waals surface area contributed by atoms with Crippen LogP contribution in [0.4, 0.5) is 4.79 Å². The molecule has 2 aliphatic rings. The fraction of sp³-hybridized carbons (Fsp3) is 0.500. The number of nitrogens with zero attached hydrogens (tertiary/aromatic N) is 1. The van der Waals surface area contributed by atoms with Crippen molar-refractivity contribution in [1.29, 1.82) is 0 Å². The topological polar surface area (TPSA) is 78.5 Å². The van der Waals surface area contributed by atoms with Gasteiger partial charge in [0.05, 0.1) is 0 Å². The van der Waals surface area contributed by atoms with Crippen LogP contribution in [-0.2, 0) is 9.59 Å². The minimum absolute atomic E-state index is 0.106. The minimum Gasteiger partial charge on any atom is -0.275 e. The number of carbonyl (C=O) groups is 3. The Hall–Kier alpha value is -1.85. The third-order valence-corrected chi connectivity index (χ3v) is 2.61. The third-order valence-electron chi connectivity index (χ3n) is 2.61. The van der Waals surface area contributed by atoms with E-state index in [2.05, 4.69) is 10.7 Å². The van der Waals surface area contributed by atoms with Crippen LogP contribution in [0.5, 0.6) is 0 Å². The van der Waals surface area contributed by atoms with Crippen molar-refractivity contribution >= 4 is 17.8 Å². The van der Waals surface area contributed by atoms with Crippen LogP contribution in [0, 0.1) is 5.92 Å². The van der Waals surface area contributed by atoms with Gasteiger partial charge in [-0.2, -0.15) is 0 Å². The molecule has 0 aromatic rings. The van der Waals surface area contributed by atoms with Gasteiger partial charge in [0.1, 0.15) is 6.54 Å². The summed E-state index contributed by atoms with van der Waals surface area (Å²) in [6.07, 6.45) is 6.38. The van der Waals surface area contributed by atoms with E-state index in [1.54, 1.807) is 0 Å². The lowest BCUT2D eigenvalue weighted by Crippen LogP contribution is -2.44. The Kier molecular flexibility index (Phi) is 2.89. The molecule has 6 nitrogen and oxygen atoms in total. The number of urea groups is 1. The first-order chi connectivity index (χ1) is 7.65. The molecule has 6 heteroatoms. The molecule has 1 aliphatic heterocycles. The molecule has 0 bridgehead atoms. The standard InChI is InChI=1S/C10H13N3O3/c14-8(5-7-3-1-2-4-7)12-13-6-9(15)11-10(13)16/h1,3,7H,2,4-6H2,(H,12,14)(H,11,15,16). The summed E-state index contributed by atoms with van der Waals surface area (Å²) in [5.74, 6) is -0.381. The number of carbonyl (C=O) groups excluding carboxylic acids is 3. The van der Waals surface area contributed by atoms with Crippen LogP contribution in [0.1, 0.15) is 19.3 Å². The lowest BCUT2D eigenvalue weighted by atomic mass is 10.1. The van der Waals surface area contributed by atoms with Crippen molar-refractivity contribution in [3.05, 3.63) is 12.2 Å².